The first-order chi connectivity index (χ1) is 12.3. The molecule has 0 spiro atoms. The van der Waals surface area contributed by atoms with Gasteiger partial charge in [-0.3, -0.25) is 9.78 Å². The van der Waals surface area contributed by atoms with Crippen LogP contribution in [0.3, 0.4) is 0 Å². The highest BCUT2D eigenvalue weighted by molar-refractivity contribution is 7.16. The van der Waals surface area contributed by atoms with Crippen molar-refractivity contribution < 1.29 is 23.1 Å². The number of nitrogens with one attached hydrogen (secondary N) is 1. The largest absolute Gasteiger partial charge is 0.433 e. The van der Waals surface area contributed by atoms with E-state index in [0.717, 1.165) is 28.8 Å². The predicted molar refractivity (Wildman–Crippen MR) is 94.2 cm³/mol. The second-order valence-corrected chi connectivity index (χ2v) is 7.27. The highest BCUT2D eigenvalue weighted by atomic mass is 32.1. The molecule has 2 N–H and O–H groups in total. The smallest absolute Gasteiger partial charge is 0.386 e. The van der Waals surface area contributed by atoms with E-state index in [9.17, 15) is 23.1 Å². The average Bonchev–Trinajstić information content (AvgIpc) is 3.29. The van der Waals surface area contributed by atoms with Gasteiger partial charge in [-0.15, -0.1) is 11.3 Å². The molecule has 9 heteroatoms. The van der Waals surface area contributed by atoms with E-state index in [2.05, 4.69) is 10.3 Å². The molecule has 3 aromatic rings. The summed E-state index contributed by atoms with van der Waals surface area (Å²) in [7, 11) is 0. The molecular weight excluding hydrogens is 385 g/mol. The zero-order chi connectivity index (χ0) is 18.7. The van der Waals surface area contributed by atoms with Gasteiger partial charge in [0.25, 0.3) is 5.91 Å². The lowest BCUT2D eigenvalue weighted by Crippen LogP contribution is -2.28. The molecule has 4 nitrogen and oxygen atoms in total. The Morgan fingerprint density at radius 1 is 1.23 bits per heavy atom. The number of thiophene rings is 2. The van der Waals surface area contributed by atoms with Gasteiger partial charge in [0.1, 0.15) is 11.8 Å². The van der Waals surface area contributed by atoms with Gasteiger partial charge in [0.05, 0.1) is 5.56 Å². The Bertz CT molecular complexity index is 874. The molecule has 0 saturated heterocycles. The minimum atomic E-state index is -4.55. The Hall–Kier alpha value is -2.23. The van der Waals surface area contributed by atoms with E-state index in [1.807, 2.05) is 22.9 Å². The number of nitrogens with zero attached hydrogens (tertiary/aromatic N) is 1. The summed E-state index contributed by atoms with van der Waals surface area (Å²) in [5, 5.41) is 16.7. The van der Waals surface area contributed by atoms with Crippen LogP contribution in [0.2, 0.25) is 0 Å². The van der Waals surface area contributed by atoms with Crippen molar-refractivity contribution in [2.45, 2.75) is 12.3 Å². The number of aromatic nitrogens is 1. The van der Waals surface area contributed by atoms with Gasteiger partial charge < -0.3 is 10.4 Å². The number of pyridine rings is 1. The quantitative estimate of drug-likeness (QED) is 0.672. The van der Waals surface area contributed by atoms with Crippen molar-refractivity contribution in [3.05, 3.63) is 63.4 Å². The van der Waals surface area contributed by atoms with Crippen molar-refractivity contribution in [1.29, 1.82) is 0 Å². The van der Waals surface area contributed by atoms with Crippen LogP contribution in [0.25, 0.3) is 10.4 Å². The van der Waals surface area contributed by atoms with E-state index >= 15 is 0 Å². The first-order valence-electron chi connectivity index (χ1n) is 7.46. The molecule has 0 fully saturated rings. The number of carbonyl (C=O) groups excluding carboxylic acids is 1. The van der Waals surface area contributed by atoms with E-state index in [1.165, 1.54) is 11.3 Å². The Labute approximate surface area is 155 Å². The summed E-state index contributed by atoms with van der Waals surface area (Å²) in [6.07, 6.45) is -4.59. The lowest BCUT2D eigenvalue weighted by atomic mass is 10.2. The highest BCUT2D eigenvalue weighted by Crippen LogP contribution is 2.32. The fraction of sp³-hybridized carbons (Fsp3) is 0.176. The molecule has 26 heavy (non-hydrogen) atoms. The van der Waals surface area contributed by atoms with Crippen LogP contribution in [0.1, 0.15) is 27.0 Å². The van der Waals surface area contributed by atoms with Gasteiger partial charge in [-0.05, 0) is 41.1 Å². The molecule has 1 unspecified atom stereocenters. The highest BCUT2D eigenvalue weighted by Gasteiger charge is 2.32. The second-order valence-electron chi connectivity index (χ2n) is 5.37. The van der Waals surface area contributed by atoms with Gasteiger partial charge in [0.15, 0.2) is 0 Å². The molecule has 3 heterocycles. The number of alkyl halides is 3. The van der Waals surface area contributed by atoms with Crippen LogP contribution in [0.5, 0.6) is 0 Å². The maximum absolute atomic E-state index is 12.5. The van der Waals surface area contributed by atoms with Crippen LogP contribution in [-0.2, 0) is 6.18 Å². The molecule has 3 rings (SSSR count). The normalized spacial score (nSPS) is 12.8. The summed E-state index contributed by atoms with van der Waals surface area (Å²) in [5.74, 6) is -0.597. The zero-order valence-corrected chi connectivity index (χ0v) is 14.8. The molecule has 0 bridgehead atoms. The van der Waals surface area contributed by atoms with Gasteiger partial charge in [-0.1, -0.05) is 0 Å². The number of hydrogen-bond acceptors (Lipinski definition) is 5. The number of aliphatic hydroxyl groups is 1. The van der Waals surface area contributed by atoms with Crippen molar-refractivity contribution in [3.8, 4) is 10.4 Å². The van der Waals surface area contributed by atoms with Crippen LogP contribution in [0, 0.1) is 0 Å². The van der Waals surface area contributed by atoms with Gasteiger partial charge in [0.2, 0.25) is 0 Å². The van der Waals surface area contributed by atoms with E-state index < -0.39 is 23.9 Å². The lowest BCUT2D eigenvalue weighted by Gasteiger charge is -2.11. The van der Waals surface area contributed by atoms with E-state index in [1.54, 1.807) is 17.4 Å². The number of carbonyl (C=O) groups is 1. The molecule has 0 aliphatic carbocycles. The summed E-state index contributed by atoms with van der Waals surface area (Å²) in [6.45, 7) is -0.0521. The summed E-state index contributed by atoms with van der Waals surface area (Å²) in [6, 6.07) is 7.46. The van der Waals surface area contributed by atoms with Crippen LogP contribution in [-0.4, -0.2) is 22.5 Å². The zero-order valence-electron chi connectivity index (χ0n) is 13.2. The number of halogens is 3. The number of rotatable bonds is 5. The molecule has 1 atom stereocenters. The predicted octanol–water partition coefficient (Wildman–Crippen LogP) is 4.35. The minimum Gasteiger partial charge on any atom is -0.386 e. The molecule has 1 amide bonds. The Morgan fingerprint density at radius 2 is 2.04 bits per heavy atom. The molecule has 0 aliphatic rings. The molecule has 0 saturated carbocycles. The van der Waals surface area contributed by atoms with Crippen molar-refractivity contribution in [3.63, 3.8) is 0 Å². The molecule has 136 valence electrons. The summed E-state index contributed by atoms with van der Waals surface area (Å²) < 4.78 is 37.4. The van der Waals surface area contributed by atoms with Crippen LogP contribution >= 0.6 is 22.7 Å². The van der Waals surface area contributed by atoms with E-state index in [0.29, 0.717) is 4.88 Å². The molecular formula is C17H13F3N2O2S2. The number of hydrogen-bond donors (Lipinski definition) is 2. The van der Waals surface area contributed by atoms with Gasteiger partial charge in [0, 0.05) is 28.1 Å². The fourth-order valence-corrected chi connectivity index (χ4v) is 3.90. The Balaban J connectivity index is 1.59. The monoisotopic (exact) mass is 398 g/mol. The second kappa shape index (κ2) is 7.56. The molecule has 3 aromatic heterocycles. The van der Waals surface area contributed by atoms with Crippen molar-refractivity contribution in [1.82, 2.24) is 10.3 Å². The van der Waals surface area contributed by atoms with Crippen molar-refractivity contribution in [2.75, 3.05) is 6.54 Å². The minimum absolute atomic E-state index is 0.00431. The maximum atomic E-state index is 12.5. The third-order valence-electron chi connectivity index (χ3n) is 3.53. The average molecular weight is 398 g/mol. The summed E-state index contributed by atoms with van der Waals surface area (Å²) >= 11 is 3.00. The fourth-order valence-electron chi connectivity index (χ4n) is 2.18. The molecule has 0 aromatic carbocycles. The lowest BCUT2D eigenvalue weighted by molar-refractivity contribution is -0.141. The SMILES string of the molecule is O=C(NCC(O)c1ccc(-c2ccsc2)s1)c1ccc(C(F)(F)F)nc1. The number of aliphatic hydroxyl groups excluding tert-OH is 1. The standard InChI is InChI=1S/C17H13F3N2O2S2/c18-17(19,20)15-4-1-10(7-21-15)16(24)22-8-12(23)14-3-2-13(26-14)11-5-6-25-9-11/h1-7,9,12,23H,8H2,(H,22,24). The van der Waals surface area contributed by atoms with Crippen LogP contribution < -0.4 is 5.32 Å². The van der Waals surface area contributed by atoms with Gasteiger partial charge in [-0.25, -0.2) is 0 Å². The Morgan fingerprint density at radius 3 is 2.65 bits per heavy atom. The van der Waals surface area contributed by atoms with Crippen molar-refractivity contribution >= 4 is 28.6 Å². The van der Waals surface area contributed by atoms with Crippen molar-refractivity contribution in [2.24, 2.45) is 0 Å². The van der Waals surface area contributed by atoms with E-state index in [-0.39, 0.29) is 12.1 Å². The van der Waals surface area contributed by atoms with Gasteiger partial charge in [-0.2, -0.15) is 24.5 Å². The first-order valence-corrected chi connectivity index (χ1v) is 9.22. The van der Waals surface area contributed by atoms with Crippen LogP contribution in [0.15, 0.2) is 47.3 Å². The summed E-state index contributed by atoms with van der Waals surface area (Å²) in [5.41, 5.74) is 0.00212. The molecule has 0 aliphatic heterocycles. The topological polar surface area (TPSA) is 62.2 Å². The van der Waals surface area contributed by atoms with Crippen LogP contribution in [0.4, 0.5) is 13.2 Å². The Kier molecular flexibility index (Phi) is 5.40. The third kappa shape index (κ3) is 4.29. The van der Waals surface area contributed by atoms with Gasteiger partial charge >= 0.3 is 6.18 Å². The summed E-state index contributed by atoms with van der Waals surface area (Å²) in [4.78, 5) is 16.9. The number of amides is 1. The third-order valence-corrected chi connectivity index (χ3v) is 5.45. The maximum Gasteiger partial charge on any atom is 0.433 e. The molecule has 0 radical (unpaired) electrons. The first kappa shape index (κ1) is 18.6. The van der Waals surface area contributed by atoms with E-state index in [4.69, 9.17) is 0 Å².